The number of nitrogens with zero attached hydrogens (tertiary/aromatic N) is 2. The van der Waals surface area contributed by atoms with E-state index in [0.29, 0.717) is 0 Å². The van der Waals surface area contributed by atoms with E-state index < -0.39 is 0 Å². The van der Waals surface area contributed by atoms with E-state index >= 15 is 0 Å². The highest BCUT2D eigenvalue weighted by atomic mass is 16.5. The largest absolute Gasteiger partial charge is 0.381 e. The van der Waals surface area contributed by atoms with Crippen molar-refractivity contribution in [3.63, 3.8) is 0 Å². The zero-order chi connectivity index (χ0) is 11.1. The molecule has 1 atom stereocenters. The van der Waals surface area contributed by atoms with Crippen LogP contribution in [-0.2, 0) is 4.74 Å². The van der Waals surface area contributed by atoms with Gasteiger partial charge in [0.2, 0.25) is 0 Å². The van der Waals surface area contributed by atoms with E-state index in [1.807, 2.05) is 0 Å². The lowest BCUT2D eigenvalue weighted by Gasteiger charge is -2.27. The lowest BCUT2D eigenvalue weighted by molar-refractivity contribution is 0.0547. The van der Waals surface area contributed by atoms with Gasteiger partial charge in [-0.25, -0.2) is 0 Å². The summed E-state index contributed by atoms with van der Waals surface area (Å²) in [5.41, 5.74) is 0. The summed E-state index contributed by atoms with van der Waals surface area (Å²) in [5.74, 6) is 0.954. The second-order valence-electron chi connectivity index (χ2n) is 4.51. The van der Waals surface area contributed by atoms with Crippen LogP contribution in [0.1, 0.15) is 26.2 Å². The van der Waals surface area contributed by atoms with Gasteiger partial charge in [-0.15, -0.1) is 0 Å². The van der Waals surface area contributed by atoms with Gasteiger partial charge in [0.1, 0.15) is 0 Å². The van der Waals surface area contributed by atoms with E-state index in [4.69, 9.17) is 10.00 Å². The second-order valence-corrected chi connectivity index (χ2v) is 4.51. The Kier molecular flexibility index (Phi) is 5.67. The maximum Gasteiger partial charge on any atom is 0.0669 e. The minimum absolute atomic E-state index is 0.190. The Morgan fingerprint density at radius 1 is 1.47 bits per heavy atom. The molecule has 0 aromatic rings. The van der Waals surface area contributed by atoms with E-state index in [1.54, 1.807) is 0 Å². The van der Waals surface area contributed by atoms with Crippen LogP contribution in [0.4, 0.5) is 0 Å². The molecule has 0 aromatic carbocycles. The van der Waals surface area contributed by atoms with Gasteiger partial charge in [0.05, 0.1) is 12.0 Å². The Labute approximate surface area is 93.0 Å². The summed E-state index contributed by atoms with van der Waals surface area (Å²) in [5, 5.41) is 8.88. The van der Waals surface area contributed by atoms with Crippen LogP contribution in [0.15, 0.2) is 0 Å². The van der Waals surface area contributed by atoms with Crippen LogP contribution in [0.25, 0.3) is 0 Å². The number of hydrogen-bond acceptors (Lipinski definition) is 3. The Morgan fingerprint density at radius 3 is 2.67 bits per heavy atom. The van der Waals surface area contributed by atoms with E-state index in [1.165, 1.54) is 12.8 Å². The van der Waals surface area contributed by atoms with Crippen molar-refractivity contribution in [3.05, 3.63) is 0 Å². The molecule has 0 amide bonds. The molecule has 0 aliphatic carbocycles. The fourth-order valence-corrected chi connectivity index (χ4v) is 2.08. The van der Waals surface area contributed by atoms with Crippen molar-refractivity contribution in [2.75, 3.05) is 33.4 Å². The molecule has 1 rings (SSSR count). The third-order valence-electron chi connectivity index (χ3n) is 3.12. The first-order valence-corrected chi connectivity index (χ1v) is 5.92. The molecule has 0 N–H and O–H groups in total. The van der Waals surface area contributed by atoms with Crippen LogP contribution in [0, 0.1) is 23.2 Å². The van der Waals surface area contributed by atoms with Crippen molar-refractivity contribution in [2.45, 2.75) is 26.2 Å². The lowest BCUT2D eigenvalue weighted by atomic mass is 9.99. The van der Waals surface area contributed by atoms with Crippen LogP contribution < -0.4 is 0 Å². The summed E-state index contributed by atoms with van der Waals surface area (Å²) >= 11 is 0. The van der Waals surface area contributed by atoms with Crippen molar-refractivity contribution in [1.82, 2.24) is 4.90 Å². The predicted octanol–water partition coefficient (Wildman–Crippen LogP) is 1.89. The van der Waals surface area contributed by atoms with Crippen molar-refractivity contribution in [2.24, 2.45) is 11.8 Å². The van der Waals surface area contributed by atoms with Crippen molar-refractivity contribution in [1.29, 1.82) is 5.26 Å². The first-order valence-electron chi connectivity index (χ1n) is 5.92. The molecule has 0 aromatic heterocycles. The van der Waals surface area contributed by atoms with Crippen LogP contribution in [-0.4, -0.2) is 38.3 Å². The minimum atomic E-state index is 0.190. The molecule has 0 saturated carbocycles. The second kappa shape index (κ2) is 6.81. The first kappa shape index (κ1) is 12.5. The highest BCUT2D eigenvalue weighted by Crippen LogP contribution is 2.16. The van der Waals surface area contributed by atoms with Gasteiger partial charge in [0, 0.05) is 26.3 Å². The normalized spacial score (nSPS) is 20.1. The molecule has 3 heteroatoms. The van der Waals surface area contributed by atoms with Gasteiger partial charge in [0.15, 0.2) is 0 Å². The van der Waals surface area contributed by atoms with Crippen LogP contribution in [0.3, 0.4) is 0 Å². The van der Waals surface area contributed by atoms with Crippen LogP contribution in [0.5, 0.6) is 0 Å². The summed E-state index contributed by atoms with van der Waals surface area (Å²) in [7, 11) is 2.12. The maximum absolute atomic E-state index is 8.88. The molecule has 1 saturated heterocycles. The molecule has 1 aliphatic rings. The Balaban J connectivity index is 2.22. The van der Waals surface area contributed by atoms with Gasteiger partial charge in [0.25, 0.3) is 0 Å². The summed E-state index contributed by atoms with van der Waals surface area (Å²) in [6, 6.07) is 2.35. The first-order chi connectivity index (χ1) is 7.26. The standard InChI is InChI=1S/C12H22N2O/c1-3-11(8-13)9-14(2)10-12-4-6-15-7-5-12/h11-12H,3-7,9-10H2,1-2H3. The Hall–Kier alpha value is -0.590. The number of hydrogen-bond donors (Lipinski definition) is 0. The lowest BCUT2D eigenvalue weighted by Crippen LogP contribution is -2.32. The average Bonchev–Trinajstić information content (AvgIpc) is 2.27. The van der Waals surface area contributed by atoms with E-state index in [-0.39, 0.29) is 5.92 Å². The molecule has 3 nitrogen and oxygen atoms in total. The summed E-state index contributed by atoms with van der Waals surface area (Å²) < 4.78 is 5.33. The summed E-state index contributed by atoms with van der Waals surface area (Å²) in [6.45, 7) is 5.92. The van der Waals surface area contributed by atoms with Gasteiger partial charge < -0.3 is 9.64 Å². The summed E-state index contributed by atoms with van der Waals surface area (Å²) in [6.07, 6.45) is 3.30. The molecule has 0 bridgehead atoms. The van der Waals surface area contributed by atoms with Crippen LogP contribution in [0.2, 0.25) is 0 Å². The summed E-state index contributed by atoms with van der Waals surface area (Å²) in [4.78, 5) is 2.30. The van der Waals surface area contributed by atoms with Crippen molar-refractivity contribution < 1.29 is 4.74 Å². The smallest absolute Gasteiger partial charge is 0.0669 e. The van der Waals surface area contributed by atoms with Crippen LogP contribution >= 0.6 is 0 Å². The molecule has 1 unspecified atom stereocenters. The zero-order valence-electron chi connectivity index (χ0n) is 9.91. The maximum atomic E-state index is 8.88. The van der Waals surface area contributed by atoms with E-state index in [0.717, 1.165) is 38.6 Å². The third kappa shape index (κ3) is 4.63. The SMILES string of the molecule is CCC(C#N)CN(C)CC1CCOCC1. The van der Waals surface area contributed by atoms with Crippen molar-refractivity contribution in [3.8, 4) is 6.07 Å². The molecule has 0 radical (unpaired) electrons. The predicted molar refractivity (Wildman–Crippen MR) is 60.4 cm³/mol. The zero-order valence-corrected chi connectivity index (χ0v) is 9.91. The van der Waals surface area contributed by atoms with E-state index in [9.17, 15) is 0 Å². The third-order valence-corrected chi connectivity index (χ3v) is 3.12. The number of rotatable bonds is 5. The Morgan fingerprint density at radius 2 is 2.13 bits per heavy atom. The van der Waals surface area contributed by atoms with Gasteiger partial charge in [-0.3, -0.25) is 0 Å². The highest BCUT2D eigenvalue weighted by Gasteiger charge is 2.17. The molecule has 1 fully saturated rings. The molecule has 86 valence electrons. The van der Waals surface area contributed by atoms with Gasteiger partial charge in [-0.2, -0.15) is 5.26 Å². The van der Waals surface area contributed by atoms with Gasteiger partial charge in [-0.05, 0) is 32.2 Å². The Bertz CT molecular complexity index is 206. The van der Waals surface area contributed by atoms with Crippen molar-refractivity contribution >= 4 is 0 Å². The molecule has 1 aliphatic heterocycles. The minimum Gasteiger partial charge on any atom is -0.381 e. The molecule has 1 heterocycles. The molecular formula is C12H22N2O. The highest BCUT2D eigenvalue weighted by molar-refractivity contribution is 4.84. The van der Waals surface area contributed by atoms with E-state index in [2.05, 4.69) is 24.9 Å². The van der Waals surface area contributed by atoms with Gasteiger partial charge >= 0.3 is 0 Å². The monoisotopic (exact) mass is 210 g/mol. The van der Waals surface area contributed by atoms with Gasteiger partial charge in [-0.1, -0.05) is 6.92 Å². The molecule has 0 spiro atoms. The number of ether oxygens (including phenoxy) is 1. The average molecular weight is 210 g/mol. The molecule has 15 heavy (non-hydrogen) atoms. The quantitative estimate of drug-likeness (QED) is 0.695. The molecular weight excluding hydrogens is 188 g/mol. The fraction of sp³-hybridized carbons (Fsp3) is 0.917. The number of nitriles is 1. The fourth-order valence-electron chi connectivity index (χ4n) is 2.08. The topological polar surface area (TPSA) is 36.3 Å².